The van der Waals surface area contributed by atoms with Gasteiger partial charge < -0.3 is 20.1 Å². The number of ether oxygens (including phenoxy) is 2. The average Bonchev–Trinajstić information content (AvgIpc) is 2.41. The molecule has 1 heterocycles. The van der Waals surface area contributed by atoms with Crippen LogP contribution in [0.5, 0.6) is 0 Å². The Hall–Kier alpha value is -0.650. The van der Waals surface area contributed by atoms with Gasteiger partial charge in [-0.15, -0.1) is 0 Å². The van der Waals surface area contributed by atoms with Crippen LogP contribution < -0.4 is 10.6 Å². The molecule has 0 aromatic carbocycles. The first-order valence-corrected chi connectivity index (χ1v) is 7.31. The molecule has 1 fully saturated rings. The van der Waals surface area contributed by atoms with E-state index >= 15 is 0 Å². The second kappa shape index (κ2) is 10.2. The molecule has 19 heavy (non-hydrogen) atoms. The van der Waals surface area contributed by atoms with Gasteiger partial charge in [0.05, 0.1) is 19.3 Å². The Morgan fingerprint density at radius 1 is 1.32 bits per heavy atom. The van der Waals surface area contributed by atoms with Crippen LogP contribution in [0.15, 0.2) is 0 Å². The van der Waals surface area contributed by atoms with Crippen molar-refractivity contribution in [3.8, 4) is 0 Å². The highest BCUT2D eigenvalue weighted by Gasteiger charge is 2.23. The largest absolute Gasteiger partial charge is 0.382 e. The van der Waals surface area contributed by atoms with E-state index in [-0.39, 0.29) is 11.9 Å². The van der Waals surface area contributed by atoms with E-state index in [4.69, 9.17) is 9.47 Å². The molecule has 2 unspecified atom stereocenters. The SMILES string of the molecule is COCCOCCCCNC(=O)C1CC(C)CCN1. The number of rotatable bonds is 9. The van der Waals surface area contributed by atoms with Gasteiger partial charge in [-0.3, -0.25) is 4.79 Å². The van der Waals surface area contributed by atoms with Crippen LogP contribution in [-0.4, -0.2) is 52.0 Å². The van der Waals surface area contributed by atoms with Crippen molar-refractivity contribution in [1.82, 2.24) is 10.6 Å². The quantitative estimate of drug-likeness (QED) is 0.613. The highest BCUT2D eigenvalue weighted by molar-refractivity contribution is 5.81. The van der Waals surface area contributed by atoms with Crippen molar-refractivity contribution in [2.24, 2.45) is 5.92 Å². The lowest BCUT2D eigenvalue weighted by atomic mass is 9.94. The molecule has 0 saturated carbocycles. The van der Waals surface area contributed by atoms with Gasteiger partial charge in [0.2, 0.25) is 5.91 Å². The zero-order valence-corrected chi connectivity index (χ0v) is 12.2. The van der Waals surface area contributed by atoms with Crippen molar-refractivity contribution in [2.45, 2.75) is 38.6 Å². The highest BCUT2D eigenvalue weighted by atomic mass is 16.5. The molecule has 1 rings (SSSR count). The Morgan fingerprint density at radius 3 is 2.89 bits per heavy atom. The summed E-state index contributed by atoms with van der Waals surface area (Å²) in [6, 6.07) is 0.00158. The van der Waals surface area contributed by atoms with Gasteiger partial charge in [0.25, 0.3) is 0 Å². The Kier molecular flexibility index (Phi) is 8.79. The number of amides is 1. The summed E-state index contributed by atoms with van der Waals surface area (Å²) in [4.78, 5) is 11.9. The third-order valence-electron chi connectivity index (χ3n) is 3.43. The summed E-state index contributed by atoms with van der Waals surface area (Å²) < 4.78 is 10.2. The minimum absolute atomic E-state index is 0.00158. The molecule has 5 nitrogen and oxygen atoms in total. The summed E-state index contributed by atoms with van der Waals surface area (Å²) in [5.41, 5.74) is 0. The molecule has 112 valence electrons. The smallest absolute Gasteiger partial charge is 0.237 e. The summed E-state index contributed by atoms with van der Waals surface area (Å²) in [7, 11) is 1.67. The molecular weight excluding hydrogens is 244 g/mol. The van der Waals surface area contributed by atoms with Gasteiger partial charge in [0.1, 0.15) is 0 Å². The lowest BCUT2D eigenvalue weighted by molar-refractivity contribution is -0.124. The molecule has 1 aliphatic rings. The lowest BCUT2D eigenvalue weighted by Crippen LogP contribution is -2.48. The van der Waals surface area contributed by atoms with Crippen LogP contribution in [0, 0.1) is 5.92 Å². The van der Waals surface area contributed by atoms with Crippen LogP contribution in [0.1, 0.15) is 32.6 Å². The molecule has 0 aromatic heterocycles. The number of nitrogens with one attached hydrogen (secondary N) is 2. The van der Waals surface area contributed by atoms with Crippen LogP contribution in [0.2, 0.25) is 0 Å². The molecule has 0 spiro atoms. The standard InChI is InChI=1S/C14H28N2O3/c1-12-5-7-15-13(11-12)14(17)16-6-3-4-8-19-10-9-18-2/h12-13,15H,3-11H2,1-2H3,(H,16,17). The molecule has 5 heteroatoms. The van der Waals surface area contributed by atoms with Gasteiger partial charge in [-0.25, -0.2) is 0 Å². The normalized spacial score (nSPS) is 23.3. The number of carbonyl (C=O) groups excluding carboxylic acids is 1. The van der Waals surface area contributed by atoms with Crippen molar-refractivity contribution < 1.29 is 14.3 Å². The number of hydrogen-bond acceptors (Lipinski definition) is 4. The van der Waals surface area contributed by atoms with Gasteiger partial charge in [0.15, 0.2) is 0 Å². The maximum atomic E-state index is 11.9. The van der Waals surface area contributed by atoms with Crippen LogP contribution in [0.3, 0.4) is 0 Å². The summed E-state index contributed by atoms with van der Waals surface area (Å²) >= 11 is 0. The van der Waals surface area contributed by atoms with Crippen LogP contribution in [-0.2, 0) is 14.3 Å². The molecule has 2 atom stereocenters. The van der Waals surface area contributed by atoms with E-state index < -0.39 is 0 Å². The molecule has 2 N–H and O–H groups in total. The van der Waals surface area contributed by atoms with Gasteiger partial charge in [-0.2, -0.15) is 0 Å². The molecule has 0 radical (unpaired) electrons. The molecule has 1 aliphatic heterocycles. The van der Waals surface area contributed by atoms with Crippen LogP contribution in [0.4, 0.5) is 0 Å². The fourth-order valence-electron chi connectivity index (χ4n) is 2.22. The topological polar surface area (TPSA) is 59.6 Å². The van der Waals surface area contributed by atoms with E-state index in [2.05, 4.69) is 17.6 Å². The lowest BCUT2D eigenvalue weighted by Gasteiger charge is -2.27. The van der Waals surface area contributed by atoms with Gasteiger partial charge >= 0.3 is 0 Å². The molecule has 1 saturated heterocycles. The Morgan fingerprint density at radius 2 is 2.16 bits per heavy atom. The van der Waals surface area contributed by atoms with Crippen LogP contribution in [0.25, 0.3) is 0 Å². The van der Waals surface area contributed by atoms with Crippen molar-refractivity contribution >= 4 is 5.91 Å². The second-order valence-electron chi connectivity index (χ2n) is 5.24. The predicted molar refractivity (Wildman–Crippen MR) is 75.1 cm³/mol. The van der Waals surface area contributed by atoms with E-state index in [9.17, 15) is 4.79 Å². The molecule has 0 aromatic rings. The van der Waals surface area contributed by atoms with Gasteiger partial charge in [0, 0.05) is 20.3 Å². The minimum Gasteiger partial charge on any atom is -0.382 e. The number of unbranched alkanes of at least 4 members (excludes halogenated alkanes) is 1. The zero-order chi connectivity index (χ0) is 13.9. The third kappa shape index (κ3) is 7.50. The fraction of sp³-hybridized carbons (Fsp3) is 0.929. The molecular formula is C14H28N2O3. The van der Waals surface area contributed by atoms with E-state index in [0.29, 0.717) is 19.1 Å². The fourth-order valence-corrected chi connectivity index (χ4v) is 2.22. The van der Waals surface area contributed by atoms with Gasteiger partial charge in [-0.05, 0) is 38.1 Å². The number of piperidine rings is 1. The molecule has 0 bridgehead atoms. The maximum absolute atomic E-state index is 11.9. The number of methoxy groups -OCH3 is 1. The van der Waals surface area contributed by atoms with E-state index in [1.54, 1.807) is 7.11 Å². The average molecular weight is 272 g/mol. The van der Waals surface area contributed by atoms with Crippen molar-refractivity contribution in [3.05, 3.63) is 0 Å². The first-order chi connectivity index (χ1) is 9.24. The van der Waals surface area contributed by atoms with Gasteiger partial charge in [-0.1, -0.05) is 6.92 Å². The summed E-state index contributed by atoms with van der Waals surface area (Å²) in [6.07, 6.45) is 4.05. The number of hydrogen-bond donors (Lipinski definition) is 2. The Balaban J connectivity index is 1.95. The second-order valence-corrected chi connectivity index (χ2v) is 5.24. The monoisotopic (exact) mass is 272 g/mol. The third-order valence-corrected chi connectivity index (χ3v) is 3.43. The Labute approximate surface area is 116 Å². The van der Waals surface area contributed by atoms with Crippen molar-refractivity contribution in [1.29, 1.82) is 0 Å². The number of carbonyl (C=O) groups is 1. The highest BCUT2D eigenvalue weighted by Crippen LogP contribution is 2.14. The predicted octanol–water partition coefficient (Wildman–Crippen LogP) is 0.934. The van der Waals surface area contributed by atoms with E-state index in [1.807, 2.05) is 0 Å². The first-order valence-electron chi connectivity index (χ1n) is 7.31. The zero-order valence-electron chi connectivity index (χ0n) is 12.2. The van der Waals surface area contributed by atoms with Crippen molar-refractivity contribution in [3.63, 3.8) is 0 Å². The van der Waals surface area contributed by atoms with Crippen LogP contribution >= 0.6 is 0 Å². The Bertz CT molecular complexity index is 249. The molecule has 1 amide bonds. The summed E-state index contributed by atoms with van der Waals surface area (Å²) in [6.45, 7) is 5.91. The van der Waals surface area contributed by atoms with Crippen molar-refractivity contribution in [2.75, 3.05) is 40.0 Å². The minimum atomic E-state index is 0.00158. The first kappa shape index (κ1) is 16.4. The van der Waals surface area contributed by atoms with E-state index in [0.717, 1.165) is 39.0 Å². The maximum Gasteiger partial charge on any atom is 0.237 e. The summed E-state index contributed by atoms with van der Waals surface area (Å²) in [5, 5.41) is 6.27. The van der Waals surface area contributed by atoms with E-state index in [1.165, 1.54) is 6.42 Å². The molecule has 0 aliphatic carbocycles. The summed E-state index contributed by atoms with van der Waals surface area (Å²) in [5.74, 6) is 0.790.